The van der Waals surface area contributed by atoms with Crippen LogP contribution in [0.3, 0.4) is 0 Å². The van der Waals surface area contributed by atoms with E-state index < -0.39 is 5.82 Å². The van der Waals surface area contributed by atoms with E-state index in [-0.39, 0.29) is 29.0 Å². The minimum absolute atomic E-state index is 0.0908. The number of hydrogen-bond donors (Lipinski definition) is 1. The third kappa shape index (κ3) is 4.42. The zero-order valence-corrected chi connectivity index (χ0v) is 15.4. The van der Waals surface area contributed by atoms with Crippen LogP contribution < -0.4 is 10.1 Å². The lowest BCUT2D eigenvalue weighted by Gasteiger charge is -2.32. The van der Waals surface area contributed by atoms with E-state index in [1.54, 1.807) is 11.0 Å². The van der Waals surface area contributed by atoms with E-state index in [2.05, 4.69) is 10.3 Å². The molecule has 7 heteroatoms. The Kier molecular flexibility index (Phi) is 5.69. The highest BCUT2D eigenvalue weighted by Gasteiger charge is 2.29. The molecule has 1 aromatic heterocycles. The lowest BCUT2D eigenvalue weighted by molar-refractivity contribution is -0.121. The lowest BCUT2D eigenvalue weighted by Crippen LogP contribution is -2.43. The Labute approximate surface area is 157 Å². The first-order valence-electron chi connectivity index (χ1n) is 8.85. The maximum atomic E-state index is 13.9. The van der Waals surface area contributed by atoms with Crippen molar-refractivity contribution < 1.29 is 18.7 Å². The molecule has 1 aliphatic heterocycles. The molecule has 2 aromatic rings. The number of carbonyl (C=O) groups is 2. The predicted octanol–water partition coefficient (Wildman–Crippen LogP) is 3.03. The molecule has 6 nitrogen and oxygen atoms in total. The molecule has 142 valence electrons. The van der Waals surface area contributed by atoms with Gasteiger partial charge in [-0.2, -0.15) is 0 Å². The zero-order valence-electron chi connectivity index (χ0n) is 15.4. The molecule has 0 bridgehead atoms. The van der Waals surface area contributed by atoms with Gasteiger partial charge in [-0.05, 0) is 50.1 Å². The van der Waals surface area contributed by atoms with Gasteiger partial charge in [0.1, 0.15) is 5.82 Å². The minimum atomic E-state index is -0.583. The maximum Gasteiger partial charge on any atom is 0.253 e. The van der Waals surface area contributed by atoms with Crippen LogP contribution in [0.25, 0.3) is 0 Å². The Morgan fingerprint density at radius 2 is 2.11 bits per heavy atom. The molecule has 0 aliphatic carbocycles. The normalized spacial score (nSPS) is 16.7. The Hall–Kier alpha value is -2.96. The SMILES string of the molecule is COc1ccc(C(=O)N2CCCC(C(=O)Nc3cccc(C)n3)C2)cc1F. The first-order valence-corrected chi connectivity index (χ1v) is 8.85. The number of hydrogen-bond acceptors (Lipinski definition) is 4. The van der Waals surface area contributed by atoms with E-state index in [0.29, 0.717) is 31.7 Å². The van der Waals surface area contributed by atoms with Crippen molar-refractivity contribution in [3.05, 3.63) is 53.5 Å². The molecular formula is C20H22FN3O3. The van der Waals surface area contributed by atoms with E-state index in [0.717, 1.165) is 5.69 Å². The monoisotopic (exact) mass is 371 g/mol. The second kappa shape index (κ2) is 8.16. The minimum Gasteiger partial charge on any atom is -0.494 e. The van der Waals surface area contributed by atoms with Gasteiger partial charge in [0.2, 0.25) is 5.91 Å². The summed E-state index contributed by atoms with van der Waals surface area (Å²) < 4.78 is 18.8. The van der Waals surface area contributed by atoms with Crippen molar-refractivity contribution in [2.45, 2.75) is 19.8 Å². The summed E-state index contributed by atoms with van der Waals surface area (Å²) in [6.07, 6.45) is 1.40. The number of methoxy groups -OCH3 is 1. The summed E-state index contributed by atoms with van der Waals surface area (Å²) in [7, 11) is 1.37. The maximum absolute atomic E-state index is 13.9. The van der Waals surface area contributed by atoms with E-state index >= 15 is 0 Å². The molecule has 1 atom stereocenters. The molecule has 0 saturated carbocycles. The summed E-state index contributed by atoms with van der Waals surface area (Å²) in [5, 5.41) is 2.81. The number of nitrogens with one attached hydrogen (secondary N) is 1. The van der Waals surface area contributed by atoms with Crippen molar-refractivity contribution in [1.82, 2.24) is 9.88 Å². The Morgan fingerprint density at radius 3 is 2.81 bits per heavy atom. The second-order valence-electron chi connectivity index (χ2n) is 6.59. The molecule has 1 aromatic carbocycles. The number of aryl methyl sites for hydroxylation is 1. The van der Waals surface area contributed by atoms with Gasteiger partial charge in [-0.3, -0.25) is 9.59 Å². The Balaban J connectivity index is 1.67. The fourth-order valence-corrected chi connectivity index (χ4v) is 3.20. The number of carbonyl (C=O) groups excluding carboxylic acids is 2. The Morgan fingerprint density at radius 1 is 1.30 bits per heavy atom. The van der Waals surface area contributed by atoms with Crippen molar-refractivity contribution >= 4 is 17.6 Å². The van der Waals surface area contributed by atoms with E-state index in [1.807, 2.05) is 19.1 Å². The number of benzene rings is 1. The largest absolute Gasteiger partial charge is 0.494 e. The van der Waals surface area contributed by atoms with Crippen LogP contribution in [0.4, 0.5) is 10.2 Å². The van der Waals surface area contributed by atoms with Gasteiger partial charge < -0.3 is 15.0 Å². The van der Waals surface area contributed by atoms with Crippen LogP contribution in [0.5, 0.6) is 5.75 Å². The number of rotatable bonds is 4. The van der Waals surface area contributed by atoms with Crippen LogP contribution in [0, 0.1) is 18.7 Å². The Bertz CT molecular complexity index is 856. The van der Waals surface area contributed by atoms with Gasteiger partial charge in [0.25, 0.3) is 5.91 Å². The molecule has 0 radical (unpaired) electrons. The van der Waals surface area contributed by atoms with E-state index in [4.69, 9.17) is 4.74 Å². The molecule has 2 amide bonds. The molecule has 2 heterocycles. The highest BCUT2D eigenvalue weighted by molar-refractivity contribution is 5.96. The molecule has 1 unspecified atom stereocenters. The fraction of sp³-hybridized carbons (Fsp3) is 0.350. The number of piperidine rings is 1. The van der Waals surface area contributed by atoms with Crippen LogP contribution in [0.2, 0.25) is 0 Å². The number of halogens is 1. The third-order valence-electron chi connectivity index (χ3n) is 4.62. The number of pyridine rings is 1. The molecular weight excluding hydrogens is 349 g/mol. The number of ether oxygens (including phenoxy) is 1. The van der Waals surface area contributed by atoms with Crippen LogP contribution in [0.15, 0.2) is 36.4 Å². The average molecular weight is 371 g/mol. The van der Waals surface area contributed by atoms with Gasteiger partial charge >= 0.3 is 0 Å². The molecule has 1 aliphatic rings. The molecule has 1 fully saturated rings. The molecule has 27 heavy (non-hydrogen) atoms. The van der Waals surface area contributed by atoms with Crippen molar-refractivity contribution in [2.75, 3.05) is 25.5 Å². The first-order chi connectivity index (χ1) is 13.0. The summed E-state index contributed by atoms with van der Waals surface area (Å²) in [6, 6.07) is 9.54. The van der Waals surface area contributed by atoms with Gasteiger partial charge in [-0.15, -0.1) is 0 Å². The van der Waals surface area contributed by atoms with Crippen LogP contribution in [-0.4, -0.2) is 41.9 Å². The number of likely N-dealkylation sites (tertiary alicyclic amines) is 1. The number of aromatic nitrogens is 1. The standard InChI is InChI=1S/C20H22FN3O3/c1-13-5-3-7-18(22-13)23-19(25)15-6-4-10-24(12-15)20(26)14-8-9-17(27-2)16(21)11-14/h3,5,7-9,11,15H,4,6,10,12H2,1-2H3,(H,22,23,25). The van der Waals surface area contributed by atoms with Gasteiger partial charge in [0.15, 0.2) is 11.6 Å². The summed E-state index contributed by atoms with van der Waals surface area (Å²) in [5.74, 6) is -0.767. The number of anilines is 1. The van der Waals surface area contributed by atoms with Crippen molar-refractivity contribution in [3.8, 4) is 5.75 Å². The molecule has 1 N–H and O–H groups in total. The molecule has 1 saturated heterocycles. The van der Waals surface area contributed by atoms with Crippen LogP contribution in [0.1, 0.15) is 28.9 Å². The second-order valence-corrected chi connectivity index (χ2v) is 6.59. The first kappa shape index (κ1) is 18.8. The van der Waals surface area contributed by atoms with Gasteiger partial charge in [-0.1, -0.05) is 6.07 Å². The van der Waals surface area contributed by atoms with E-state index in [1.165, 1.54) is 25.3 Å². The predicted molar refractivity (Wildman–Crippen MR) is 99.2 cm³/mol. The highest BCUT2D eigenvalue weighted by atomic mass is 19.1. The summed E-state index contributed by atoms with van der Waals surface area (Å²) in [5.41, 5.74) is 1.06. The van der Waals surface area contributed by atoms with E-state index in [9.17, 15) is 14.0 Å². The number of amides is 2. The fourth-order valence-electron chi connectivity index (χ4n) is 3.20. The quantitative estimate of drug-likeness (QED) is 0.897. The lowest BCUT2D eigenvalue weighted by atomic mass is 9.96. The van der Waals surface area contributed by atoms with Crippen LogP contribution >= 0.6 is 0 Å². The molecule has 3 rings (SSSR count). The summed E-state index contributed by atoms with van der Waals surface area (Å²) in [6.45, 7) is 2.69. The van der Waals surface area contributed by atoms with Crippen molar-refractivity contribution in [2.24, 2.45) is 5.92 Å². The van der Waals surface area contributed by atoms with Gasteiger partial charge in [0.05, 0.1) is 13.0 Å². The average Bonchev–Trinajstić information content (AvgIpc) is 2.67. The van der Waals surface area contributed by atoms with Gasteiger partial charge in [0, 0.05) is 24.3 Å². The third-order valence-corrected chi connectivity index (χ3v) is 4.62. The van der Waals surface area contributed by atoms with Crippen LogP contribution in [-0.2, 0) is 4.79 Å². The topological polar surface area (TPSA) is 71.5 Å². The molecule has 0 spiro atoms. The summed E-state index contributed by atoms with van der Waals surface area (Å²) in [4.78, 5) is 31.1. The van der Waals surface area contributed by atoms with Crippen molar-refractivity contribution in [3.63, 3.8) is 0 Å². The zero-order chi connectivity index (χ0) is 19.4. The van der Waals surface area contributed by atoms with Gasteiger partial charge in [-0.25, -0.2) is 9.37 Å². The summed E-state index contributed by atoms with van der Waals surface area (Å²) >= 11 is 0. The number of nitrogens with zero attached hydrogens (tertiary/aromatic N) is 2. The smallest absolute Gasteiger partial charge is 0.253 e. The highest BCUT2D eigenvalue weighted by Crippen LogP contribution is 2.23. The van der Waals surface area contributed by atoms with Crippen molar-refractivity contribution in [1.29, 1.82) is 0 Å².